The molecule has 0 aliphatic carbocycles. The summed E-state index contributed by atoms with van der Waals surface area (Å²) in [6.45, 7) is 10.5. The maximum atomic E-state index is 13.0. The summed E-state index contributed by atoms with van der Waals surface area (Å²) in [5.41, 5.74) is 3.28. The summed E-state index contributed by atoms with van der Waals surface area (Å²) in [5.74, 6) is 8.02. The van der Waals surface area contributed by atoms with Crippen molar-refractivity contribution in [2.45, 2.75) is 66.6 Å². The van der Waals surface area contributed by atoms with Crippen molar-refractivity contribution in [2.24, 2.45) is 11.8 Å². The van der Waals surface area contributed by atoms with E-state index in [-0.39, 0.29) is 23.8 Å². The molecule has 0 saturated heterocycles. The molecule has 176 valence electrons. The van der Waals surface area contributed by atoms with Gasteiger partial charge in [-0.05, 0) is 61.4 Å². The van der Waals surface area contributed by atoms with E-state index in [1.54, 1.807) is 12.1 Å². The molecule has 1 aliphatic rings. The summed E-state index contributed by atoms with van der Waals surface area (Å²) in [6.07, 6.45) is 1.61. The predicted octanol–water partition coefficient (Wildman–Crippen LogP) is 6.33. The van der Waals surface area contributed by atoms with E-state index in [9.17, 15) is 9.90 Å². The zero-order valence-electron chi connectivity index (χ0n) is 20.5. The Balaban J connectivity index is 2.08. The summed E-state index contributed by atoms with van der Waals surface area (Å²) >= 11 is 0. The minimum absolute atomic E-state index is 0.0674. The molecule has 2 aromatic carbocycles. The fourth-order valence-electron chi connectivity index (χ4n) is 3.93. The SMILES string of the molecule is COc1c(C(O)CC(C)C)ccc2c1C(=O)OCc1cc(C)cc(C#CCCC(C)C)c1O2. The van der Waals surface area contributed by atoms with Crippen LogP contribution >= 0.6 is 0 Å². The number of carbonyl (C=O) groups is 1. The van der Waals surface area contributed by atoms with Gasteiger partial charge in [-0.3, -0.25) is 0 Å². The number of cyclic esters (lactones) is 1. The Morgan fingerprint density at radius 2 is 1.91 bits per heavy atom. The number of aliphatic hydroxyl groups is 1. The lowest BCUT2D eigenvalue weighted by atomic mass is 9.96. The first kappa shape index (κ1) is 24.7. The highest BCUT2D eigenvalue weighted by molar-refractivity contribution is 5.96. The molecule has 0 fully saturated rings. The normalized spacial score (nSPS) is 13.7. The van der Waals surface area contributed by atoms with E-state index >= 15 is 0 Å². The maximum Gasteiger partial charge on any atom is 0.346 e. The van der Waals surface area contributed by atoms with Crippen molar-refractivity contribution in [3.8, 4) is 29.1 Å². The zero-order chi connectivity index (χ0) is 24.1. The highest BCUT2D eigenvalue weighted by Gasteiger charge is 2.29. The van der Waals surface area contributed by atoms with Gasteiger partial charge in [0.05, 0.1) is 18.8 Å². The van der Waals surface area contributed by atoms with Crippen LogP contribution in [0.2, 0.25) is 0 Å². The molecule has 0 spiro atoms. The third-order valence-corrected chi connectivity index (χ3v) is 5.56. The van der Waals surface area contributed by atoms with Crippen LogP contribution in [0.25, 0.3) is 0 Å². The lowest BCUT2D eigenvalue weighted by Crippen LogP contribution is -2.15. The molecule has 1 unspecified atom stereocenters. The Kier molecular flexibility index (Phi) is 8.05. The molecular formula is C28H34O5. The van der Waals surface area contributed by atoms with Crippen LogP contribution in [0.4, 0.5) is 0 Å². The van der Waals surface area contributed by atoms with Gasteiger partial charge in [0, 0.05) is 17.5 Å². The summed E-state index contributed by atoms with van der Waals surface area (Å²) in [6, 6.07) is 7.39. The van der Waals surface area contributed by atoms with Crippen molar-refractivity contribution >= 4 is 5.97 Å². The van der Waals surface area contributed by atoms with Gasteiger partial charge in [0.25, 0.3) is 0 Å². The first-order chi connectivity index (χ1) is 15.7. The lowest BCUT2D eigenvalue weighted by molar-refractivity contribution is 0.0454. The van der Waals surface area contributed by atoms with Gasteiger partial charge in [-0.1, -0.05) is 39.5 Å². The fraction of sp³-hybridized carbons (Fsp3) is 0.464. The molecule has 1 atom stereocenters. The largest absolute Gasteiger partial charge is 0.495 e. The van der Waals surface area contributed by atoms with E-state index in [0.29, 0.717) is 29.4 Å². The number of benzene rings is 2. The molecule has 1 N–H and O–H groups in total. The third-order valence-electron chi connectivity index (χ3n) is 5.56. The van der Waals surface area contributed by atoms with Crippen LogP contribution in [0.3, 0.4) is 0 Å². The lowest BCUT2D eigenvalue weighted by Gasteiger charge is -2.24. The number of rotatable bonds is 6. The van der Waals surface area contributed by atoms with Crippen molar-refractivity contribution in [3.63, 3.8) is 0 Å². The quantitative estimate of drug-likeness (QED) is 0.411. The Bertz CT molecular complexity index is 1070. The average molecular weight is 451 g/mol. The molecule has 0 saturated carbocycles. The first-order valence-electron chi connectivity index (χ1n) is 11.6. The monoisotopic (exact) mass is 450 g/mol. The van der Waals surface area contributed by atoms with Crippen LogP contribution in [0.5, 0.6) is 17.2 Å². The van der Waals surface area contributed by atoms with Gasteiger partial charge in [0.1, 0.15) is 29.4 Å². The maximum absolute atomic E-state index is 13.0. The highest BCUT2D eigenvalue weighted by atomic mass is 16.5. The summed E-state index contributed by atoms with van der Waals surface area (Å²) in [7, 11) is 1.48. The molecule has 1 heterocycles. The Hall–Kier alpha value is -2.97. The van der Waals surface area contributed by atoms with Gasteiger partial charge in [-0.25, -0.2) is 4.79 Å². The molecule has 0 amide bonds. The Labute approximate surface area is 197 Å². The standard InChI is InChI=1S/C28H34O5/c1-17(2)9-7-8-10-20-14-19(5)15-21-16-32-28(30)25-24(33-26(20)21)12-11-22(27(25)31-6)23(29)13-18(3)4/h11-12,14-15,17-18,23,29H,7,9,13,16H2,1-6H3. The van der Waals surface area contributed by atoms with E-state index in [1.165, 1.54) is 7.11 Å². The van der Waals surface area contributed by atoms with Crippen molar-refractivity contribution in [1.29, 1.82) is 0 Å². The molecule has 5 nitrogen and oxygen atoms in total. The number of esters is 1. The van der Waals surface area contributed by atoms with Crippen molar-refractivity contribution < 1.29 is 24.1 Å². The van der Waals surface area contributed by atoms with Crippen LogP contribution < -0.4 is 9.47 Å². The molecule has 0 aromatic heterocycles. The van der Waals surface area contributed by atoms with Gasteiger partial charge in [0.15, 0.2) is 0 Å². The molecule has 1 aliphatic heterocycles. The van der Waals surface area contributed by atoms with Crippen LogP contribution in [0, 0.1) is 30.6 Å². The summed E-state index contributed by atoms with van der Waals surface area (Å²) < 4.78 is 17.5. The average Bonchev–Trinajstić information content (AvgIpc) is 2.74. The predicted molar refractivity (Wildman–Crippen MR) is 129 cm³/mol. The molecule has 0 radical (unpaired) electrons. The second-order valence-corrected chi connectivity index (χ2v) is 9.42. The van der Waals surface area contributed by atoms with Gasteiger partial charge in [0.2, 0.25) is 0 Å². The van der Waals surface area contributed by atoms with E-state index < -0.39 is 12.1 Å². The van der Waals surface area contributed by atoms with Crippen molar-refractivity contribution in [2.75, 3.05) is 7.11 Å². The second kappa shape index (κ2) is 10.8. The number of aliphatic hydroxyl groups excluding tert-OH is 1. The highest BCUT2D eigenvalue weighted by Crippen LogP contribution is 2.42. The van der Waals surface area contributed by atoms with Gasteiger partial charge in [-0.2, -0.15) is 0 Å². The number of ether oxygens (including phenoxy) is 3. The number of aryl methyl sites for hydroxylation is 1. The smallest absolute Gasteiger partial charge is 0.346 e. The van der Waals surface area contributed by atoms with E-state index in [4.69, 9.17) is 14.2 Å². The van der Waals surface area contributed by atoms with Crippen LogP contribution in [0.1, 0.15) is 85.7 Å². The number of hydrogen-bond acceptors (Lipinski definition) is 5. The molecule has 0 bridgehead atoms. The summed E-state index contributed by atoms with van der Waals surface area (Å²) in [4.78, 5) is 13.0. The molecule has 2 aromatic rings. The third kappa shape index (κ3) is 5.89. The van der Waals surface area contributed by atoms with E-state index in [1.807, 2.05) is 32.9 Å². The Morgan fingerprint density at radius 1 is 1.15 bits per heavy atom. The first-order valence-corrected chi connectivity index (χ1v) is 11.6. The molecule has 33 heavy (non-hydrogen) atoms. The number of methoxy groups -OCH3 is 1. The summed E-state index contributed by atoms with van der Waals surface area (Å²) in [5, 5.41) is 10.7. The van der Waals surface area contributed by atoms with Crippen molar-refractivity contribution in [3.05, 3.63) is 52.1 Å². The number of carbonyl (C=O) groups excluding carboxylic acids is 1. The fourth-order valence-corrected chi connectivity index (χ4v) is 3.93. The molecule has 5 heteroatoms. The number of hydrogen-bond donors (Lipinski definition) is 1. The Morgan fingerprint density at radius 3 is 2.58 bits per heavy atom. The number of fused-ring (bicyclic) bond motifs is 2. The van der Waals surface area contributed by atoms with Gasteiger partial charge >= 0.3 is 5.97 Å². The minimum atomic E-state index is -0.763. The van der Waals surface area contributed by atoms with Gasteiger partial charge in [-0.15, -0.1) is 0 Å². The topological polar surface area (TPSA) is 65.0 Å². The van der Waals surface area contributed by atoms with Crippen LogP contribution in [0.15, 0.2) is 24.3 Å². The van der Waals surface area contributed by atoms with E-state index in [2.05, 4.69) is 25.7 Å². The van der Waals surface area contributed by atoms with Gasteiger partial charge < -0.3 is 19.3 Å². The molecular weight excluding hydrogens is 416 g/mol. The van der Waals surface area contributed by atoms with Crippen LogP contribution in [-0.4, -0.2) is 18.2 Å². The second-order valence-electron chi connectivity index (χ2n) is 9.42. The minimum Gasteiger partial charge on any atom is -0.495 e. The zero-order valence-corrected chi connectivity index (χ0v) is 20.5. The molecule has 3 rings (SSSR count). The van der Waals surface area contributed by atoms with E-state index in [0.717, 1.165) is 29.5 Å². The van der Waals surface area contributed by atoms with Crippen LogP contribution in [-0.2, 0) is 11.3 Å². The van der Waals surface area contributed by atoms with Crippen molar-refractivity contribution in [1.82, 2.24) is 0 Å².